The number of hydrogen-bond acceptors (Lipinski definition) is 3. The third-order valence-corrected chi connectivity index (χ3v) is 9.24. The number of rotatable bonds is 1. The van der Waals surface area contributed by atoms with Gasteiger partial charge in [-0.2, -0.15) is 0 Å². The van der Waals surface area contributed by atoms with Crippen LogP contribution in [-0.4, -0.2) is 33.6 Å². The average molecular weight is 332 g/mol. The van der Waals surface area contributed by atoms with Crippen molar-refractivity contribution in [1.29, 1.82) is 0 Å². The van der Waals surface area contributed by atoms with Gasteiger partial charge in [-0.25, -0.2) is 0 Å². The molecule has 0 amide bonds. The van der Waals surface area contributed by atoms with E-state index in [0.717, 1.165) is 38.5 Å². The van der Waals surface area contributed by atoms with E-state index in [0.29, 0.717) is 5.92 Å². The summed E-state index contributed by atoms with van der Waals surface area (Å²) < 4.78 is 0. The SMILES string of the molecule is C[C@]12C[C@@H]3C=C[C@H]1[C@@H](O)[C@]1(CO)[C@@H](CC14CCCCC4)[C@@](O)(C3)C2. The van der Waals surface area contributed by atoms with Gasteiger partial charge in [0.25, 0.3) is 0 Å². The molecule has 0 unspecified atom stereocenters. The zero-order chi connectivity index (χ0) is 16.8. The van der Waals surface area contributed by atoms with Crippen molar-refractivity contribution in [3.63, 3.8) is 0 Å². The van der Waals surface area contributed by atoms with Gasteiger partial charge in [-0.05, 0) is 61.2 Å². The van der Waals surface area contributed by atoms with Crippen LogP contribution < -0.4 is 0 Å². The Labute approximate surface area is 145 Å². The van der Waals surface area contributed by atoms with E-state index in [1.54, 1.807) is 0 Å². The van der Waals surface area contributed by atoms with Crippen molar-refractivity contribution in [3.8, 4) is 0 Å². The summed E-state index contributed by atoms with van der Waals surface area (Å²) in [5.74, 6) is 0.585. The Hall–Kier alpha value is -0.380. The first-order valence-corrected chi connectivity index (χ1v) is 10.1. The predicted molar refractivity (Wildman–Crippen MR) is 92.2 cm³/mol. The van der Waals surface area contributed by atoms with E-state index in [-0.39, 0.29) is 29.3 Å². The minimum absolute atomic E-state index is 0.0266. The quantitative estimate of drug-likeness (QED) is 0.647. The van der Waals surface area contributed by atoms with Crippen molar-refractivity contribution in [2.75, 3.05) is 6.61 Å². The second-order valence-electron chi connectivity index (χ2n) is 10.3. The van der Waals surface area contributed by atoms with Crippen LogP contribution in [0.1, 0.15) is 64.7 Å². The van der Waals surface area contributed by atoms with Gasteiger partial charge in [0.15, 0.2) is 0 Å². The van der Waals surface area contributed by atoms with E-state index in [4.69, 9.17) is 0 Å². The molecule has 3 bridgehead atoms. The lowest BCUT2D eigenvalue weighted by atomic mass is 9.35. The van der Waals surface area contributed by atoms with Crippen LogP contribution in [-0.2, 0) is 0 Å². The van der Waals surface area contributed by atoms with E-state index in [1.807, 2.05) is 0 Å². The number of hydrogen-bond donors (Lipinski definition) is 3. The molecule has 0 aromatic heterocycles. The highest BCUT2D eigenvalue weighted by molar-refractivity contribution is 5.29. The first kappa shape index (κ1) is 15.8. The summed E-state index contributed by atoms with van der Waals surface area (Å²) in [6.07, 6.45) is 13.6. The molecule has 1 spiro atoms. The van der Waals surface area contributed by atoms with Crippen LogP contribution in [0.2, 0.25) is 0 Å². The van der Waals surface area contributed by atoms with E-state index < -0.39 is 17.1 Å². The van der Waals surface area contributed by atoms with Gasteiger partial charge in [0.05, 0.1) is 18.3 Å². The van der Waals surface area contributed by atoms with Crippen LogP contribution in [0.3, 0.4) is 0 Å². The minimum Gasteiger partial charge on any atom is -0.396 e. The van der Waals surface area contributed by atoms with Crippen LogP contribution in [0, 0.1) is 34.0 Å². The Kier molecular flexibility index (Phi) is 3.08. The summed E-state index contributed by atoms with van der Waals surface area (Å²) in [7, 11) is 0. The molecule has 3 nitrogen and oxygen atoms in total. The van der Waals surface area contributed by atoms with Gasteiger partial charge in [0.1, 0.15) is 0 Å². The molecule has 0 aromatic carbocycles. The second kappa shape index (κ2) is 4.66. The maximum absolute atomic E-state index is 11.7. The van der Waals surface area contributed by atoms with Crippen molar-refractivity contribution >= 4 is 0 Å². The zero-order valence-electron chi connectivity index (χ0n) is 14.9. The third kappa shape index (κ3) is 1.61. The monoisotopic (exact) mass is 332 g/mol. The summed E-state index contributed by atoms with van der Waals surface area (Å²) in [4.78, 5) is 0. The van der Waals surface area contributed by atoms with E-state index in [2.05, 4.69) is 19.1 Å². The molecule has 5 aliphatic carbocycles. The molecule has 4 fully saturated rings. The van der Waals surface area contributed by atoms with E-state index in [9.17, 15) is 15.3 Å². The van der Waals surface area contributed by atoms with Crippen molar-refractivity contribution < 1.29 is 15.3 Å². The molecule has 0 heterocycles. The maximum Gasteiger partial charge on any atom is 0.0695 e. The molecular formula is C21H32O3. The van der Waals surface area contributed by atoms with Crippen LogP contribution in [0.5, 0.6) is 0 Å². The van der Waals surface area contributed by atoms with Gasteiger partial charge >= 0.3 is 0 Å². The fourth-order valence-electron chi connectivity index (χ4n) is 8.40. The highest BCUT2D eigenvalue weighted by Crippen LogP contribution is 2.76. The molecular weight excluding hydrogens is 300 g/mol. The number of aliphatic hydroxyl groups excluding tert-OH is 2. The topological polar surface area (TPSA) is 60.7 Å². The molecule has 5 aliphatic rings. The van der Waals surface area contributed by atoms with Crippen molar-refractivity contribution in [1.82, 2.24) is 0 Å². The normalized spacial score (nSPS) is 57.3. The van der Waals surface area contributed by atoms with Crippen molar-refractivity contribution in [3.05, 3.63) is 12.2 Å². The second-order valence-corrected chi connectivity index (χ2v) is 10.3. The van der Waals surface area contributed by atoms with Crippen molar-refractivity contribution in [2.45, 2.75) is 76.4 Å². The third-order valence-electron chi connectivity index (χ3n) is 9.24. The smallest absolute Gasteiger partial charge is 0.0695 e. The molecule has 3 N–H and O–H groups in total. The molecule has 5 rings (SSSR count). The summed E-state index contributed by atoms with van der Waals surface area (Å²) >= 11 is 0. The fraction of sp³-hybridized carbons (Fsp3) is 0.905. The Morgan fingerprint density at radius 1 is 1.04 bits per heavy atom. The first-order valence-electron chi connectivity index (χ1n) is 10.1. The molecule has 24 heavy (non-hydrogen) atoms. The molecule has 0 radical (unpaired) electrons. The largest absolute Gasteiger partial charge is 0.396 e. The predicted octanol–water partition coefficient (Wildman–Crippen LogP) is 3.03. The summed E-state index contributed by atoms with van der Waals surface area (Å²) in [6, 6.07) is 0. The van der Waals surface area contributed by atoms with Crippen LogP contribution >= 0.6 is 0 Å². The van der Waals surface area contributed by atoms with Gasteiger partial charge < -0.3 is 15.3 Å². The van der Waals surface area contributed by atoms with Gasteiger partial charge in [-0.1, -0.05) is 38.3 Å². The zero-order valence-corrected chi connectivity index (χ0v) is 14.9. The number of allylic oxidation sites excluding steroid dienone is 1. The summed E-state index contributed by atoms with van der Waals surface area (Å²) in [6.45, 7) is 2.30. The standard InChI is InChI=1S/C21H32O3/c1-18-9-14-5-6-15(18)17(23)21(13-22)16(20(24,10-14)12-18)11-19(21)7-3-2-4-8-19/h5-6,14-17,22-24H,2-4,7-13H2,1H3/t14-,15-,16-,17+,18+,20+,21-/m0/s1. The molecule has 134 valence electrons. The Balaban J connectivity index is 1.68. The van der Waals surface area contributed by atoms with Crippen molar-refractivity contribution in [2.24, 2.45) is 34.0 Å². The minimum atomic E-state index is -0.705. The lowest BCUT2D eigenvalue weighted by Crippen LogP contribution is -2.71. The Morgan fingerprint density at radius 2 is 1.79 bits per heavy atom. The number of fused-ring (bicyclic) bond motifs is 5. The van der Waals surface area contributed by atoms with E-state index >= 15 is 0 Å². The highest BCUT2D eigenvalue weighted by Gasteiger charge is 2.76. The number of aliphatic hydroxyl groups is 3. The average Bonchev–Trinajstić information content (AvgIpc) is 2.54. The summed E-state index contributed by atoms with van der Waals surface area (Å²) in [5.41, 5.74) is -1.17. The lowest BCUT2D eigenvalue weighted by Gasteiger charge is -2.70. The Morgan fingerprint density at radius 3 is 2.50 bits per heavy atom. The van der Waals surface area contributed by atoms with Crippen LogP contribution in [0.15, 0.2) is 12.2 Å². The van der Waals surface area contributed by atoms with Gasteiger partial charge in [-0.3, -0.25) is 0 Å². The first-order chi connectivity index (χ1) is 11.4. The molecule has 0 saturated heterocycles. The van der Waals surface area contributed by atoms with Crippen LogP contribution in [0.25, 0.3) is 0 Å². The van der Waals surface area contributed by atoms with Gasteiger partial charge in [0.2, 0.25) is 0 Å². The van der Waals surface area contributed by atoms with Crippen LogP contribution in [0.4, 0.5) is 0 Å². The fourth-order valence-corrected chi connectivity index (χ4v) is 8.40. The maximum atomic E-state index is 11.7. The molecule has 4 saturated carbocycles. The Bertz CT molecular complexity index is 580. The van der Waals surface area contributed by atoms with E-state index in [1.165, 1.54) is 19.3 Å². The lowest BCUT2D eigenvalue weighted by molar-refractivity contribution is -0.287. The van der Waals surface area contributed by atoms with Gasteiger partial charge in [-0.15, -0.1) is 0 Å². The molecule has 0 aromatic rings. The molecule has 0 aliphatic heterocycles. The molecule has 7 atom stereocenters. The summed E-state index contributed by atoms with van der Waals surface area (Å²) in [5, 5.41) is 34.0. The van der Waals surface area contributed by atoms with Gasteiger partial charge in [0, 0.05) is 11.3 Å². The molecule has 3 heteroatoms. The highest BCUT2D eigenvalue weighted by atomic mass is 16.3.